The fraction of sp³-hybridized carbons (Fsp3) is 0.364. The molecule has 0 radical (unpaired) electrons. The first-order valence-corrected chi connectivity index (χ1v) is 22.6. The molecule has 2 saturated heterocycles. The molecule has 13 heteroatoms. The van der Waals surface area contributed by atoms with E-state index in [0.29, 0.717) is 37.6 Å². The number of nitrogens with zero attached hydrogens (tertiary/aromatic N) is 5. The molecule has 2 amide bonds. The molecule has 1 N–H and O–H groups in total. The van der Waals surface area contributed by atoms with Gasteiger partial charge in [-0.1, -0.05) is 85.0 Å². The number of benzene rings is 4. The van der Waals surface area contributed by atoms with Gasteiger partial charge in [0, 0.05) is 29.9 Å². The van der Waals surface area contributed by atoms with Crippen LogP contribution in [0, 0.1) is 5.92 Å². The highest BCUT2D eigenvalue weighted by molar-refractivity contribution is 6.91. The summed E-state index contributed by atoms with van der Waals surface area (Å²) in [6.07, 6.45) is 1.80. The van der Waals surface area contributed by atoms with E-state index in [9.17, 15) is 9.90 Å². The Kier molecular flexibility index (Phi) is 10.4. The van der Waals surface area contributed by atoms with Crippen LogP contribution >= 0.6 is 0 Å². The van der Waals surface area contributed by atoms with Crippen molar-refractivity contribution in [3.63, 3.8) is 0 Å². The number of methoxy groups -OCH3 is 2. The topological polar surface area (TPSA) is 128 Å². The molecule has 5 aromatic rings. The second-order valence-electron chi connectivity index (χ2n) is 15.7. The van der Waals surface area contributed by atoms with Crippen LogP contribution in [0.15, 0.2) is 103 Å². The summed E-state index contributed by atoms with van der Waals surface area (Å²) < 4.78 is 25.7. The van der Waals surface area contributed by atoms with Crippen molar-refractivity contribution in [2.24, 2.45) is 5.92 Å². The van der Waals surface area contributed by atoms with Gasteiger partial charge in [-0.3, -0.25) is 14.4 Å². The molecule has 1 spiro atoms. The first-order valence-electron chi connectivity index (χ1n) is 19.5. The van der Waals surface area contributed by atoms with Crippen molar-refractivity contribution < 1.29 is 33.6 Å². The minimum atomic E-state index is -2.41. The Bertz CT molecular complexity index is 2250. The summed E-state index contributed by atoms with van der Waals surface area (Å²) in [5, 5.41) is 20.5. The molecule has 4 aromatic carbocycles. The maximum absolute atomic E-state index is 15.4. The molecule has 0 saturated carbocycles. The number of aryl methyl sites for hydroxylation is 1. The minimum absolute atomic E-state index is 0.0100. The molecule has 1 unspecified atom stereocenters. The molecule has 57 heavy (non-hydrogen) atoms. The van der Waals surface area contributed by atoms with E-state index < -0.39 is 13.7 Å². The summed E-state index contributed by atoms with van der Waals surface area (Å²) in [5.41, 5.74) is 3.57. The van der Waals surface area contributed by atoms with Gasteiger partial charge in [-0.15, -0.1) is 5.10 Å². The average Bonchev–Trinajstić information content (AvgIpc) is 4.01. The smallest absolute Gasteiger partial charge is 0.414 e. The summed E-state index contributed by atoms with van der Waals surface area (Å²) in [4.78, 5) is 31.2. The SMILES string of the molecule is COc1ccc([Si](C)(C)[C@H]2[C@H](CCn3cc(C(CO)c4ccccc4)nn3)O[C@@]3(C(=O)N(Cc4cccc(N5CCOC5=O)c4)c4ccc(OC)cc43)[C@@H]2C)cc1. The summed E-state index contributed by atoms with van der Waals surface area (Å²) in [6.45, 7) is 8.42. The number of anilines is 2. The zero-order valence-electron chi connectivity index (χ0n) is 33.0. The standard InChI is InChI=1S/C44H49N5O7Si/c1-29-41(57(4,5)35-17-14-33(53-2)15-18-35)40(20-21-47-27-38(45-46-47)36(28-50)31-11-7-6-8-12-31)56-44(29)37-25-34(54-3)16-19-39(37)49(42(44)51)26-30-10-9-13-32(24-30)48-22-23-55-43(48)52/h6-19,24-25,27,29,36,40-41,50H,20-23,26,28H2,1-5H3/t29-,36?,40+,41-,44+/m1/s1. The van der Waals surface area contributed by atoms with Crippen LogP contribution in [0.2, 0.25) is 18.6 Å². The normalized spacial score (nSPS) is 22.2. The Morgan fingerprint density at radius 1 is 0.947 bits per heavy atom. The maximum Gasteiger partial charge on any atom is 0.414 e. The largest absolute Gasteiger partial charge is 0.497 e. The number of hydrogen-bond acceptors (Lipinski definition) is 9. The van der Waals surface area contributed by atoms with Crippen molar-refractivity contribution in [1.29, 1.82) is 0 Å². The number of carbonyl (C=O) groups excluding carboxylic acids is 2. The van der Waals surface area contributed by atoms with E-state index in [1.54, 1.807) is 19.1 Å². The molecule has 3 aliphatic rings. The van der Waals surface area contributed by atoms with Crippen molar-refractivity contribution in [3.05, 3.63) is 126 Å². The first-order chi connectivity index (χ1) is 27.6. The molecular weight excluding hydrogens is 739 g/mol. The minimum Gasteiger partial charge on any atom is -0.497 e. The molecule has 8 rings (SSSR count). The van der Waals surface area contributed by atoms with Crippen LogP contribution in [0.4, 0.5) is 16.2 Å². The lowest BCUT2D eigenvalue weighted by Gasteiger charge is -2.37. The fourth-order valence-electron chi connectivity index (χ4n) is 9.38. The van der Waals surface area contributed by atoms with Crippen molar-refractivity contribution >= 4 is 36.6 Å². The number of aromatic nitrogens is 3. The van der Waals surface area contributed by atoms with E-state index in [4.69, 9.17) is 18.9 Å². The van der Waals surface area contributed by atoms with Crippen molar-refractivity contribution in [2.75, 3.05) is 43.8 Å². The summed E-state index contributed by atoms with van der Waals surface area (Å²) >= 11 is 0. The van der Waals surface area contributed by atoms with Crippen LogP contribution in [-0.2, 0) is 33.0 Å². The van der Waals surface area contributed by atoms with Gasteiger partial charge >= 0.3 is 6.09 Å². The number of cyclic esters (lactones) is 1. The number of fused-ring (bicyclic) bond motifs is 2. The van der Waals surface area contributed by atoms with E-state index >= 15 is 4.79 Å². The highest BCUT2D eigenvalue weighted by Crippen LogP contribution is 2.60. The van der Waals surface area contributed by atoms with Crippen LogP contribution in [0.25, 0.3) is 0 Å². The number of ether oxygens (including phenoxy) is 4. The Morgan fingerprint density at radius 3 is 2.40 bits per heavy atom. The van der Waals surface area contributed by atoms with E-state index in [-0.39, 0.29) is 48.6 Å². The third-order valence-corrected chi connectivity index (χ3v) is 16.7. The zero-order chi connectivity index (χ0) is 39.9. The van der Waals surface area contributed by atoms with Gasteiger partial charge in [0.15, 0.2) is 5.60 Å². The molecule has 0 bridgehead atoms. The molecule has 12 nitrogen and oxygen atoms in total. The second kappa shape index (κ2) is 15.4. The molecule has 5 atom stereocenters. The molecule has 296 valence electrons. The molecule has 4 heterocycles. The average molecular weight is 788 g/mol. The number of amides is 2. The van der Waals surface area contributed by atoms with Gasteiger partial charge in [0.05, 0.1) is 65.4 Å². The van der Waals surface area contributed by atoms with Gasteiger partial charge in [0.2, 0.25) is 0 Å². The summed E-state index contributed by atoms with van der Waals surface area (Å²) in [6, 6.07) is 31.7. The van der Waals surface area contributed by atoms with E-state index in [0.717, 1.165) is 33.8 Å². The lowest BCUT2D eigenvalue weighted by molar-refractivity contribution is -0.146. The molecule has 2 fully saturated rings. The van der Waals surface area contributed by atoms with E-state index in [1.165, 1.54) is 5.19 Å². The van der Waals surface area contributed by atoms with Crippen LogP contribution in [0.1, 0.15) is 41.6 Å². The highest BCUT2D eigenvalue weighted by Gasteiger charge is 2.66. The number of aliphatic hydroxyl groups is 1. The lowest BCUT2D eigenvalue weighted by Crippen LogP contribution is -2.51. The Hall–Kier alpha value is -5.50. The molecule has 3 aliphatic heterocycles. The van der Waals surface area contributed by atoms with Crippen molar-refractivity contribution in [2.45, 2.75) is 62.7 Å². The zero-order valence-corrected chi connectivity index (χ0v) is 34.0. The van der Waals surface area contributed by atoms with Crippen LogP contribution in [-0.4, -0.2) is 80.3 Å². The van der Waals surface area contributed by atoms with Gasteiger partial charge < -0.3 is 29.0 Å². The Labute approximate surface area is 333 Å². The van der Waals surface area contributed by atoms with E-state index in [1.807, 2.05) is 101 Å². The number of rotatable bonds is 13. The number of aliphatic hydroxyl groups excluding tert-OH is 1. The van der Waals surface area contributed by atoms with Gasteiger partial charge in [0.1, 0.15) is 18.1 Å². The monoisotopic (exact) mass is 787 g/mol. The summed E-state index contributed by atoms with van der Waals surface area (Å²) in [5.74, 6) is 0.807. The van der Waals surface area contributed by atoms with E-state index in [2.05, 4.69) is 42.5 Å². The van der Waals surface area contributed by atoms with Gasteiger partial charge in [0.25, 0.3) is 5.91 Å². The van der Waals surface area contributed by atoms with Crippen molar-refractivity contribution in [1.82, 2.24) is 15.0 Å². The molecular formula is C44H49N5O7Si. The number of hydrogen-bond donors (Lipinski definition) is 1. The van der Waals surface area contributed by atoms with Gasteiger partial charge in [-0.05, 0) is 65.6 Å². The predicted molar refractivity (Wildman–Crippen MR) is 219 cm³/mol. The fourth-order valence-corrected chi connectivity index (χ4v) is 13.4. The highest BCUT2D eigenvalue weighted by atomic mass is 28.3. The second-order valence-corrected chi connectivity index (χ2v) is 20.4. The molecule has 0 aliphatic carbocycles. The summed E-state index contributed by atoms with van der Waals surface area (Å²) in [7, 11) is 0.891. The van der Waals surface area contributed by atoms with Crippen molar-refractivity contribution in [3.8, 4) is 11.5 Å². The lowest BCUT2D eigenvalue weighted by atomic mass is 9.82. The number of carbonyl (C=O) groups is 2. The third kappa shape index (κ3) is 6.77. The molecule has 1 aromatic heterocycles. The first kappa shape index (κ1) is 38.4. The van der Waals surface area contributed by atoms with Gasteiger partial charge in [-0.25, -0.2) is 4.79 Å². The maximum atomic E-state index is 15.4. The Balaban J connectivity index is 1.16. The quantitative estimate of drug-likeness (QED) is 0.138. The Morgan fingerprint density at radius 2 is 1.70 bits per heavy atom. The van der Waals surface area contributed by atoms with Gasteiger partial charge in [-0.2, -0.15) is 0 Å². The van der Waals surface area contributed by atoms with Crippen LogP contribution < -0.4 is 24.5 Å². The predicted octanol–water partition coefficient (Wildman–Crippen LogP) is 6.23. The van der Waals surface area contributed by atoms with Crippen LogP contribution in [0.5, 0.6) is 11.5 Å². The third-order valence-electron chi connectivity index (χ3n) is 12.3. The van der Waals surface area contributed by atoms with Crippen LogP contribution in [0.3, 0.4) is 0 Å².